The molecule has 6 nitrogen and oxygen atoms in total. The van der Waals surface area contributed by atoms with Crippen LogP contribution in [0.1, 0.15) is 24.7 Å². The molecule has 0 unspecified atom stereocenters. The van der Waals surface area contributed by atoms with Gasteiger partial charge in [-0.3, -0.25) is 9.80 Å². The molecule has 1 aliphatic rings. The molecule has 1 aromatic heterocycles. The molecule has 0 amide bonds. The fraction of sp³-hybridized carbons (Fsp3) is 0.846. The van der Waals surface area contributed by atoms with Crippen molar-refractivity contribution >= 4 is 0 Å². The quantitative estimate of drug-likeness (QED) is 0.742. The van der Waals surface area contributed by atoms with Gasteiger partial charge in [-0.05, 0) is 13.8 Å². The van der Waals surface area contributed by atoms with Crippen LogP contribution < -0.4 is 0 Å². The van der Waals surface area contributed by atoms with Gasteiger partial charge in [-0.15, -0.1) is 0 Å². The van der Waals surface area contributed by atoms with Crippen LogP contribution in [0.5, 0.6) is 0 Å². The van der Waals surface area contributed by atoms with E-state index in [9.17, 15) is 13.2 Å². The highest BCUT2D eigenvalue weighted by Gasteiger charge is 2.28. The van der Waals surface area contributed by atoms with E-state index in [1.165, 1.54) is 0 Å². The Bertz CT molecular complexity index is 458. The van der Waals surface area contributed by atoms with Crippen molar-refractivity contribution in [3.8, 4) is 0 Å². The molecule has 0 spiro atoms. The zero-order valence-electron chi connectivity index (χ0n) is 12.8. The van der Waals surface area contributed by atoms with Crippen molar-refractivity contribution in [3.63, 3.8) is 0 Å². The van der Waals surface area contributed by atoms with Crippen LogP contribution in [0.2, 0.25) is 0 Å². The maximum absolute atomic E-state index is 12.0. The second-order valence-corrected chi connectivity index (χ2v) is 5.40. The van der Waals surface area contributed by atoms with Crippen LogP contribution in [0.3, 0.4) is 0 Å². The van der Waals surface area contributed by atoms with E-state index in [1.807, 2.05) is 6.92 Å². The minimum atomic E-state index is -4.25. The molecule has 9 heteroatoms. The van der Waals surface area contributed by atoms with Gasteiger partial charge in [0.25, 0.3) is 0 Å². The minimum Gasteiger partial charge on any atom is -0.371 e. The second kappa shape index (κ2) is 7.38. The van der Waals surface area contributed by atoms with Gasteiger partial charge in [0.15, 0.2) is 5.82 Å². The molecule has 1 fully saturated rings. The summed E-state index contributed by atoms with van der Waals surface area (Å²) < 4.78 is 45.7. The zero-order chi connectivity index (χ0) is 16.2. The third-order valence-corrected chi connectivity index (χ3v) is 3.67. The molecule has 1 aromatic rings. The lowest BCUT2D eigenvalue weighted by Gasteiger charge is -2.36. The summed E-state index contributed by atoms with van der Waals surface area (Å²) in [6, 6.07) is 0.0461. The standard InChI is InChI=1S/C13H21F3N4O2/c1-10(12-17-11(2)18-22-12)20-5-3-19(4-6-20)7-8-21-9-13(14,15)16/h10H,3-9H2,1-2H3/t10-/m1/s1. The second-order valence-electron chi connectivity index (χ2n) is 5.40. The molecule has 0 aromatic carbocycles. The highest BCUT2D eigenvalue weighted by atomic mass is 19.4. The van der Waals surface area contributed by atoms with E-state index in [2.05, 4.69) is 24.7 Å². The van der Waals surface area contributed by atoms with Crippen molar-refractivity contribution in [2.75, 3.05) is 45.9 Å². The maximum Gasteiger partial charge on any atom is 0.411 e. The molecule has 2 heterocycles. The highest BCUT2D eigenvalue weighted by molar-refractivity contribution is 4.91. The molecule has 0 radical (unpaired) electrons. The fourth-order valence-electron chi connectivity index (χ4n) is 2.39. The number of hydrogen-bond acceptors (Lipinski definition) is 6. The number of halogens is 3. The molecule has 0 saturated carbocycles. The van der Waals surface area contributed by atoms with Gasteiger partial charge in [-0.1, -0.05) is 5.16 Å². The number of alkyl halides is 3. The number of nitrogens with zero attached hydrogens (tertiary/aromatic N) is 4. The van der Waals surface area contributed by atoms with Crippen LogP contribution in [-0.4, -0.2) is 72.1 Å². The molecule has 22 heavy (non-hydrogen) atoms. The lowest BCUT2D eigenvalue weighted by molar-refractivity contribution is -0.174. The molecular weight excluding hydrogens is 301 g/mol. The Morgan fingerprint density at radius 1 is 1.27 bits per heavy atom. The third kappa shape index (κ3) is 5.22. The largest absolute Gasteiger partial charge is 0.411 e. The summed E-state index contributed by atoms with van der Waals surface area (Å²) in [6.45, 7) is 6.40. The van der Waals surface area contributed by atoms with E-state index < -0.39 is 12.8 Å². The van der Waals surface area contributed by atoms with Crippen molar-refractivity contribution in [2.24, 2.45) is 0 Å². The van der Waals surface area contributed by atoms with E-state index >= 15 is 0 Å². The van der Waals surface area contributed by atoms with Crippen LogP contribution in [0.25, 0.3) is 0 Å². The summed E-state index contributed by atoms with van der Waals surface area (Å²) in [5.41, 5.74) is 0. The van der Waals surface area contributed by atoms with Gasteiger partial charge < -0.3 is 9.26 Å². The van der Waals surface area contributed by atoms with Crippen molar-refractivity contribution in [2.45, 2.75) is 26.1 Å². The molecule has 126 valence electrons. The maximum atomic E-state index is 12.0. The van der Waals surface area contributed by atoms with Gasteiger partial charge in [-0.25, -0.2) is 0 Å². The molecule has 2 rings (SSSR count). The number of aromatic nitrogens is 2. The topological polar surface area (TPSA) is 54.6 Å². The monoisotopic (exact) mass is 322 g/mol. The Balaban J connectivity index is 1.67. The summed E-state index contributed by atoms with van der Waals surface area (Å²) in [5, 5.41) is 3.79. The van der Waals surface area contributed by atoms with Gasteiger partial charge in [-0.2, -0.15) is 18.2 Å². The van der Waals surface area contributed by atoms with E-state index in [-0.39, 0.29) is 12.6 Å². The summed E-state index contributed by atoms with van der Waals surface area (Å²) >= 11 is 0. The Hall–Kier alpha value is -1.19. The van der Waals surface area contributed by atoms with Gasteiger partial charge in [0, 0.05) is 32.7 Å². The lowest BCUT2D eigenvalue weighted by Crippen LogP contribution is -2.48. The van der Waals surface area contributed by atoms with Gasteiger partial charge in [0.2, 0.25) is 5.89 Å². The SMILES string of the molecule is Cc1noc([C@@H](C)N2CCN(CCOCC(F)(F)F)CC2)n1. The average molecular weight is 322 g/mol. The Kier molecular flexibility index (Phi) is 5.76. The summed E-state index contributed by atoms with van der Waals surface area (Å²) in [5.74, 6) is 1.21. The first-order chi connectivity index (χ1) is 10.3. The number of ether oxygens (including phenoxy) is 1. The predicted octanol–water partition coefficient (Wildman–Crippen LogP) is 1.64. The summed E-state index contributed by atoms with van der Waals surface area (Å²) in [6.07, 6.45) is -4.25. The number of piperazine rings is 1. The Morgan fingerprint density at radius 3 is 2.50 bits per heavy atom. The van der Waals surface area contributed by atoms with Crippen LogP contribution in [0, 0.1) is 6.92 Å². The predicted molar refractivity (Wildman–Crippen MR) is 72.3 cm³/mol. The average Bonchev–Trinajstić information content (AvgIpc) is 2.89. The van der Waals surface area contributed by atoms with E-state index in [0.717, 1.165) is 26.2 Å². The zero-order valence-corrected chi connectivity index (χ0v) is 12.8. The first-order valence-corrected chi connectivity index (χ1v) is 7.26. The van der Waals surface area contributed by atoms with Crippen molar-refractivity contribution < 1.29 is 22.4 Å². The van der Waals surface area contributed by atoms with Crippen LogP contribution >= 0.6 is 0 Å². The van der Waals surface area contributed by atoms with Crippen LogP contribution in [-0.2, 0) is 4.74 Å². The fourth-order valence-corrected chi connectivity index (χ4v) is 2.39. The summed E-state index contributed by atoms with van der Waals surface area (Å²) in [4.78, 5) is 8.55. The van der Waals surface area contributed by atoms with Crippen LogP contribution in [0.4, 0.5) is 13.2 Å². The van der Waals surface area contributed by atoms with E-state index in [1.54, 1.807) is 6.92 Å². The number of aryl methyl sites for hydroxylation is 1. The molecule has 0 bridgehead atoms. The first-order valence-electron chi connectivity index (χ1n) is 7.26. The summed E-state index contributed by atoms with van der Waals surface area (Å²) in [7, 11) is 0. The van der Waals surface area contributed by atoms with Gasteiger partial charge in [0.05, 0.1) is 12.6 Å². The third-order valence-electron chi connectivity index (χ3n) is 3.67. The van der Waals surface area contributed by atoms with Crippen molar-refractivity contribution in [3.05, 3.63) is 11.7 Å². The van der Waals surface area contributed by atoms with E-state index in [0.29, 0.717) is 18.3 Å². The van der Waals surface area contributed by atoms with Gasteiger partial charge in [0.1, 0.15) is 6.61 Å². The molecule has 0 N–H and O–H groups in total. The normalized spacial score (nSPS) is 19.5. The molecular formula is C13H21F3N4O2. The number of hydrogen-bond donors (Lipinski definition) is 0. The minimum absolute atomic E-state index is 0.0461. The smallest absolute Gasteiger partial charge is 0.371 e. The molecule has 0 aliphatic carbocycles. The molecule has 1 saturated heterocycles. The Morgan fingerprint density at radius 2 is 1.95 bits per heavy atom. The van der Waals surface area contributed by atoms with Crippen molar-refractivity contribution in [1.82, 2.24) is 19.9 Å². The Labute approximate surface area is 127 Å². The van der Waals surface area contributed by atoms with E-state index in [4.69, 9.17) is 4.52 Å². The first kappa shape index (κ1) is 17.2. The lowest BCUT2D eigenvalue weighted by atomic mass is 10.2. The molecule has 1 atom stereocenters. The van der Waals surface area contributed by atoms with Crippen LogP contribution in [0.15, 0.2) is 4.52 Å². The molecule has 1 aliphatic heterocycles. The van der Waals surface area contributed by atoms with Gasteiger partial charge >= 0.3 is 6.18 Å². The number of rotatable bonds is 6. The highest BCUT2D eigenvalue weighted by Crippen LogP contribution is 2.20. The van der Waals surface area contributed by atoms with Crippen molar-refractivity contribution in [1.29, 1.82) is 0 Å².